The Morgan fingerprint density at radius 3 is 2.25 bits per heavy atom. The summed E-state index contributed by atoms with van der Waals surface area (Å²) in [5.74, 6) is -0.750. The minimum atomic E-state index is -3.40. The van der Waals surface area contributed by atoms with E-state index in [4.69, 9.17) is 0 Å². The Kier molecular flexibility index (Phi) is 4.44. The van der Waals surface area contributed by atoms with Gasteiger partial charge in [0.05, 0.1) is 5.75 Å². The van der Waals surface area contributed by atoms with Crippen molar-refractivity contribution in [2.75, 3.05) is 13.1 Å². The van der Waals surface area contributed by atoms with Gasteiger partial charge in [0.1, 0.15) is 5.82 Å². The number of nitrogens with zero attached hydrogens (tertiary/aromatic N) is 1. The molecule has 0 fully saturated rings. The molecule has 0 bridgehead atoms. The summed E-state index contributed by atoms with van der Waals surface area (Å²) in [5, 5.41) is 0. The predicted molar refractivity (Wildman–Crippen MR) is 61.9 cm³/mol. The minimum Gasteiger partial charge on any atom is -0.212 e. The van der Waals surface area contributed by atoms with E-state index in [1.807, 2.05) is 0 Å². The van der Waals surface area contributed by atoms with Gasteiger partial charge in [-0.3, -0.25) is 0 Å². The van der Waals surface area contributed by atoms with Crippen molar-refractivity contribution in [2.24, 2.45) is 0 Å². The third-order valence-corrected chi connectivity index (χ3v) is 4.37. The standard InChI is InChI=1S/C11H16FNO2S/c1-3-13(4-2)16(14,15)9-10-7-5-6-8-11(10)12/h5-8H,3-4,9H2,1-2H3. The van der Waals surface area contributed by atoms with E-state index in [2.05, 4.69) is 0 Å². The molecule has 1 rings (SSSR count). The summed E-state index contributed by atoms with van der Waals surface area (Å²) in [5.41, 5.74) is 0.217. The molecule has 0 atom stereocenters. The van der Waals surface area contributed by atoms with Crippen molar-refractivity contribution in [1.82, 2.24) is 4.31 Å². The smallest absolute Gasteiger partial charge is 0.212 e. The van der Waals surface area contributed by atoms with Crippen LogP contribution in [0.25, 0.3) is 0 Å². The third-order valence-electron chi connectivity index (χ3n) is 2.39. The molecule has 0 heterocycles. The Hall–Kier alpha value is -0.940. The van der Waals surface area contributed by atoms with Crippen LogP contribution in [0.4, 0.5) is 4.39 Å². The highest BCUT2D eigenvalue weighted by Crippen LogP contribution is 2.13. The lowest BCUT2D eigenvalue weighted by Crippen LogP contribution is -2.31. The monoisotopic (exact) mass is 245 g/mol. The van der Waals surface area contributed by atoms with Crippen molar-refractivity contribution < 1.29 is 12.8 Å². The fourth-order valence-corrected chi connectivity index (χ4v) is 3.12. The Labute approximate surface area is 95.9 Å². The maximum atomic E-state index is 13.3. The van der Waals surface area contributed by atoms with Crippen molar-refractivity contribution in [3.8, 4) is 0 Å². The van der Waals surface area contributed by atoms with Crippen LogP contribution in [0.1, 0.15) is 19.4 Å². The summed E-state index contributed by atoms with van der Waals surface area (Å²) >= 11 is 0. The van der Waals surface area contributed by atoms with E-state index in [-0.39, 0.29) is 11.3 Å². The first-order valence-corrected chi connectivity index (χ1v) is 6.83. The molecule has 1 aromatic rings. The van der Waals surface area contributed by atoms with E-state index in [1.165, 1.54) is 16.4 Å². The fourth-order valence-electron chi connectivity index (χ4n) is 1.52. The molecule has 0 aliphatic rings. The molecule has 90 valence electrons. The van der Waals surface area contributed by atoms with E-state index < -0.39 is 15.8 Å². The minimum absolute atomic E-state index is 0.217. The first kappa shape index (κ1) is 13.1. The van der Waals surface area contributed by atoms with Crippen LogP contribution in [0.2, 0.25) is 0 Å². The highest BCUT2D eigenvalue weighted by Gasteiger charge is 2.20. The maximum Gasteiger partial charge on any atom is 0.218 e. The quantitative estimate of drug-likeness (QED) is 0.795. The molecule has 0 aliphatic carbocycles. The van der Waals surface area contributed by atoms with Crippen molar-refractivity contribution in [1.29, 1.82) is 0 Å². The fraction of sp³-hybridized carbons (Fsp3) is 0.455. The van der Waals surface area contributed by atoms with Crippen molar-refractivity contribution >= 4 is 10.0 Å². The first-order chi connectivity index (χ1) is 7.51. The molecular formula is C11H16FNO2S. The van der Waals surface area contributed by atoms with Crippen molar-refractivity contribution in [2.45, 2.75) is 19.6 Å². The van der Waals surface area contributed by atoms with Crippen LogP contribution in [0.5, 0.6) is 0 Å². The van der Waals surface area contributed by atoms with Gasteiger partial charge in [0.2, 0.25) is 10.0 Å². The van der Waals surface area contributed by atoms with Gasteiger partial charge >= 0.3 is 0 Å². The third kappa shape index (κ3) is 3.02. The molecule has 5 heteroatoms. The van der Waals surface area contributed by atoms with Crippen LogP contribution in [-0.4, -0.2) is 25.8 Å². The molecule has 0 aliphatic heterocycles. The Bertz CT molecular complexity index is 441. The number of sulfonamides is 1. The Morgan fingerprint density at radius 1 is 1.19 bits per heavy atom. The van der Waals surface area contributed by atoms with E-state index in [0.29, 0.717) is 13.1 Å². The number of benzene rings is 1. The predicted octanol–water partition coefficient (Wildman–Crippen LogP) is 2.00. The summed E-state index contributed by atoms with van der Waals surface area (Å²) in [6.45, 7) is 4.35. The summed E-state index contributed by atoms with van der Waals surface area (Å²) in [6, 6.07) is 5.95. The van der Waals surface area contributed by atoms with Crippen molar-refractivity contribution in [3.05, 3.63) is 35.6 Å². The number of rotatable bonds is 5. The molecule has 0 saturated heterocycles. The second-order valence-corrected chi connectivity index (χ2v) is 5.40. The number of hydrogen-bond acceptors (Lipinski definition) is 2. The number of halogens is 1. The molecule has 0 unspecified atom stereocenters. The zero-order valence-electron chi connectivity index (χ0n) is 9.48. The SMILES string of the molecule is CCN(CC)S(=O)(=O)Cc1ccccc1F. The van der Waals surface area contributed by atoms with Crippen LogP contribution in [0, 0.1) is 5.82 Å². The molecule has 0 amide bonds. The van der Waals surface area contributed by atoms with Gasteiger partial charge in [-0.2, -0.15) is 0 Å². The van der Waals surface area contributed by atoms with Gasteiger partial charge in [-0.1, -0.05) is 32.0 Å². The van der Waals surface area contributed by atoms with E-state index >= 15 is 0 Å². The van der Waals surface area contributed by atoms with Gasteiger partial charge in [0, 0.05) is 18.7 Å². The average Bonchev–Trinajstić information content (AvgIpc) is 2.22. The normalized spacial score (nSPS) is 12.0. The first-order valence-electron chi connectivity index (χ1n) is 5.22. The lowest BCUT2D eigenvalue weighted by atomic mass is 10.2. The van der Waals surface area contributed by atoms with Gasteiger partial charge in [-0.15, -0.1) is 0 Å². The Balaban J connectivity index is 2.93. The lowest BCUT2D eigenvalue weighted by Gasteiger charge is -2.18. The van der Waals surface area contributed by atoms with Gasteiger partial charge in [-0.05, 0) is 6.07 Å². The molecular weight excluding hydrogens is 229 g/mol. The summed E-state index contributed by atoms with van der Waals surface area (Å²) in [6.07, 6.45) is 0. The molecule has 0 radical (unpaired) electrons. The van der Waals surface area contributed by atoms with E-state index in [1.54, 1.807) is 26.0 Å². The van der Waals surface area contributed by atoms with Crippen LogP contribution in [0.3, 0.4) is 0 Å². The van der Waals surface area contributed by atoms with Gasteiger partial charge in [0.25, 0.3) is 0 Å². The summed E-state index contributed by atoms with van der Waals surface area (Å²) in [7, 11) is -3.40. The topological polar surface area (TPSA) is 37.4 Å². The van der Waals surface area contributed by atoms with Crippen LogP contribution >= 0.6 is 0 Å². The highest BCUT2D eigenvalue weighted by atomic mass is 32.2. The van der Waals surface area contributed by atoms with E-state index in [9.17, 15) is 12.8 Å². The van der Waals surface area contributed by atoms with Crippen LogP contribution in [0.15, 0.2) is 24.3 Å². The Morgan fingerprint density at radius 2 is 1.75 bits per heavy atom. The highest BCUT2D eigenvalue weighted by molar-refractivity contribution is 7.88. The molecule has 16 heavy (non-hydrogen) atoms. The van der Waals surface area contributed by atoms with Crippen molar-refractivity contribution in [3.63, 3.8) is 0 Å². The molecule has 0 spiro atoms. The lowest BCUT2D eigenvalue weighted by molar-refractivity contribution is 0.443. The van der Waals surface area contributed by atoms with E-state index in [0.717, 1.165) is 0 Å². The largest absolute Gasteiger partial charge is 0.218 e. The maximum absolute atomic E-state index is 13.3. The van der Waals surface area contributed by atoms with Crippen LogP contribution < -0.4 is 0 Å². The summed E-state index contributed by atoms with van der Waals surface area (Å²) < 4.78 is 38.4. The van der Waals surface area contributed by atoms with Crippen LogP contribution in [-0.2, 0) is 15.8 Å². The van der Waals surface area contributed by atoms with Gasteiger partial charge in [0.15, 0.2) is 0 Å². The molecule has 0 N–H and O–H groups in total. The van der Waals surface area contributed by atoms with Gasteiger partial charge in [-0.25, -0.2) is 17.1 Å². The molecule has 0 saturated carbocycles. The summed E-state index contributed by atoms with van der Waals surface area (Å²) in [4.78, 5) is 0. The average molecular weight is 245 g/mol. The molecule has 1 aromatic carbocycles. The second-order valence-electron chi connectivity index (χ2n) is 3.43. The zero-order chi connectivity index (χ0) is 12.2. The molecule has 3 nitrogen and oxygen atoms in total. The number of hydrogen-bond donors (Lipinski definition) is 0. The zero-order valence-corrected chi connectivity index (χ0v) is 10.3. The van der Waals surface area contributed by atoms with Gasteiger partial charge < -0.3 is 0 Å². The molecule has 0 aromatic heterocycles. The second kappa shape index (κ2) is 5.41.